The molecule has 154 valence electrons. The fraction of sp³-hybridized carbons (Fsp3) is 0.429. The summed E-state index contributed by atoms with van der Waals surface area (Å²) in [4.78, 5) is 19.5. The Bertz CT molecular complexity index is 835. The topological polar surface area (TPSA) is 78.5 Å². The van der Waals surface area contributed by atoms with Crippen LogP contribution in [0.3, 0.4) is 0 Å². The Balaban J connectivity index is 1.41. The third-order valence-corrected chi connectivity index (χ3v) is 5.31. The third-order valence-electron chi connectivity index (χ3n) is 5.31. The molecule has 0 aliphatic carbocycles. The molecule has 2 fully saturated rings. The van der Waals surface area contributed by atoms with E-state index in [4.69, 9.17) is 4.74 Å². The summed E-state index contributed by atoms with van der Waals surface area (Å²) in [6.45, 7) is 6.18. The number of carbonyl (C=O) groups excluding carboxylic acids is 1. The number of halogens is 1. The smallest absolute Gasteiger partial charge is 0.230 e. The molecule has 29 heavy (non-hydrogen) atoms. The maximum atomic E-state index is 13.2. The van der Waals surface area contributed by atoms with Crippen molar-refractivity contribution in [3.8, 4) is 0 Å². The Kier molecular flexibility index (Phi) is 5.75. The quantitative estimate of drug-likeness (QED) is 0.732. The molecule has 4 atom stereocenters. The maximum Gasteiger partial charge on any atom is 0.230 e. The van der Waals surface area contributed by atoms with Crippen LogP contribution in [0.15, 0.2) is 42.6 Å². The molecule has 2 aromatic rings. The van der Waals surface area contributed by atoms with E-state index >= 15 is 0 Å². The number of ether oxygens (including phenoxy) is 1. The molecule has 0 bridgehead atoms. The normalized spacial score (nSPS) is 27.1. The predicted molar refractivity (Wildman–Crippen MR) is 109 cm³/mol. The molecule has 2 aliphatic rings. The Hall–Kier alpha value is -2.55. The van der Waals surface area contributed by atoms with Gasteiger partial charge in [0.25, 0.3) is 0 Å². The van der Waals surface area contributed by atoms with Crippen molar-refractivity contribution in [2.75, 3.05) is 29.9 Å². The Morgan fingerprint density at radius 2 is 1.90 bits per heavy atom. The first-order chi connectivity index (χ1) is 14.0. The van der Waals surface area contributed by atoms with Gasteiger partial charge in [-0.05, 0) is 43.7 Å². The van der Waals surface area contributed by atoms with E-state index in [0.717, 1.165) is 24.5 Å². The van der Waals surface area contributed by atoms with Crippen LogP contribution in [0.5, 0.6) is 0 Å². The first kappa shape index (κ1) is 19.8. The maximum absolute atomic E-state index is 13.2. The number of pyridine rings is 1. The van der Waals surface area contributed by atoms with Crippen LogP contribution >= 0.6 is 0 Å². The minimum absolute atomic E-state index is 0.111. The van der Waals surface area contributed by atoms with Gasteiger partial charge in [0, 0.05) is 19.6 Å². The number of amides is 1. The van der Waals surface area contributed by atoms with E-state index < -0.39 is 0 Å². The number of hydrazine groups is 1. The molecule has 4 rings (SSSR count). The van der Waals surface area contributed by atoms with Crippen LogP contribution in [0.1, 0.15) is 25.5 Å². The van der Waals surface area contributed by atoms with Gasteiger partial charge in [-0.3, -0.25) is 10.2 Å². The minimum atomic E-state index is -0.318. The van der Waals surface area contributed by atoms with Crippen LogP contribution in [-0.4, -0.2) is 42.7 Å². The first-order valence-electron chi connectivity index (χ1n) is 9.91. The Morgan fingerprint density at radius 3 is 2.55 bits per heavy atom. The van der Waals surface area contributed by atoms with Crippen LogP contribution < -0.4 is 21.1 Å². The number of morpholine rings is 1. The number of carbonyl (C=O) groups is 1. The Labute approximate surface area is 169 Å². The summed E-state index contributed by atoms with van der Waals surface area (Å²) in [5.74, 6) is 0.149. The van der Waals surface area contributed by atoms with Gasteiger partial charge in [-0.1, -0.05) is 12.1 Å². The van der Waals surface area contributed by atoms with Gasteiger partial charge >= 0.3 is 0 Å². The van der Waals surface area contributed by atoms with Crippen LogP contribution in [0.2, 0.25) is 0 Å². The number of nitrogens with zero attached hydrogens (tertiary/aromatic N) is 2. The van der Waals surface area contributed by atoms with Crippen molar-refractivity contribution in [1.82, 2.24) is 15.8 Å². The van der Waals surface area contributed by atoms with Crippen LogP contribution in [0, 0.1) is 11.7 Å². The fourth-order valence-corrected chi connectivity index (χ4v) is 3.97. The minimum Gasteiger partial charge on any atom is -0.372 e. The van der Waals surface area contributed by atoms with E-state index in [2.05, 4.69) is 39.9 Å². The second-order valence-electron chi connectivity index (χ2n) is 7.72. The van der Waals surface area contributed by atoms with Crippen molar-refractivity contribution in [1.29, 1.82) is 0 Å². The number of aromatic nitrogens is 1. The van der Waals surface area contributed by atoms with E-state index in [1.165, 1.54) is 12.1 Å². The second kappa shape index (κ2) is 8.44. The molecule has 3 N–H and O–H groups in total. The van der Waals surface area contributed by atoms with E-state index in [9.17, 15) is 9.18 Å². The highest BCUT2D eigenvalue weighted by molar-refractivity contribution is 5.93. The summed E-state index contributed by atoms with van der Waals surface area (Å²) in [5, 5.41) is 2.94. The SMILES string of the molecule is CC1CN(c2ccc(NC(=O)C3CNNC3c3ccc(F)cc3)cn2)CC(C)O1. The van der Waals surface area contributed by atoms with Crippen LogP contribution in [0.25, 0.3) is 0 Å². The average Bonchev–Trinajstić information content (AvgIpc) is 3.18. The summed E-state index contributed by atoms with van der Waals surface area (Å²) >= 11 is 0. The molecule has 1 aromatic heterocycles. The molecule has 2 aliphatic heterocycles. The zero-order valence-electron chi connectivity index (χ0n) is 16.6. The lowest BCUT2D eigenvalue weighted by Gasteiger charge is -2.36. The zero-order chi connectivity index (χ0) is 20.4. The lowest BCUT2D eigenvalue weighted by Crippen LogP contribution is -2.45. The average molecular weight is 399 g/mol. The van der Waals surface area contributed by atoms with E-state index in [-0.39, 0.29) is 35.9 Å². The molecular formula is C21H26FN5O2. The van der Waals surface area contributed by atoms with E-state index in [1.807, 2.05) is 12.1 Å². The van der Waals surface area contributed by atoms with Gasteiger partial charge < -0.3 is 15.0 Å². The predicted octanol–water partition coefficient (Wildman–Crippen LogP) is 2.24. The van der Waals surface area contributed by atoms with Gasteiger partial charge in [0.1, 0.15) is 11.6 Å². The lowest BCUT2D eigenvalue weighted by molar-refractivity contribution is -0.119. The number of rotatable bonds is 4. The summed E-state index contributed by atoms with van der Waals surface area (Å²) in [7, 11) is 0. The van der Waals surface area contributed by atoms with Crippen molar-refractivity contribution in [3.63, 3.8) is 0 Å². The molecule has 1 aromatic carbocycles. The number of anilines is 2. The highest BCUT2D eigenvalue weighted by Gasteiger charge is 2.34. The van der Waals surface area contributed by atoms with Crippen molar-refractivity contribution in [3.05, 3.63) is 54.0 Å². The molecule has 8 heteroatoms. The fourth-order valence-electron chi connectivity index (χ4n) is 3.97. The van der Waals surface area contributed by atoms with Gasteiger partial charge in [0.05, 0.1) is 36.1 Å². The number of hydrogen-bond donors (Lipinski definition) is 3. The molecule has 0 saturated carbocycles. The zero-order valence-corrected chi connectivity index (χ0v) is 16.6. The molecule has 0 spiro atoms. The second-order valence-corrected chi connectivity index (χ2v) is 7.72. The van der Waals surface area contributed by atoms with Gasteiger partial charge in [-0.2, -0.15) is 0 Å². The standard InChI is InChI=1S/C21H26FN5O2/c1-13-11-27(12-14(2)29-13)19-8-7-17(9-23-19)25-21(28)18-10-24-26-20(18)15-3-5-16(22)6-4-15/h3-9,13-14,18,20,24,26H,10-12H2,1-2H3,(H,25,28). The summed E-state index contributed by atoms with van der Waals surface area (Å²) in [6.07, 6.45) is 2.00. The van der Waals surface area contributed by atoms with Crippen molar-refractivity contribution in [2.24, 2.45) is 5.92 Å². The molecular weight excluding hydrogens is 373 g/mol. The van der Waals surface area contributed by atoms with Gasteiger partial charge in [0.2, 0.25) is 5.91 Å². The summed E-state index contributed by atoms with van der Waals surface area (Å²) in [6, 6.07) is 9.76. The molecule has 3 heterocycles. The van der Waals surface area contributed by atoms with Crippen molar-refractivity contribution >= 4 is 17.4 Å². The Morgan fingerprint density at radius 1 is 1.17 bits per heavy atom. The highest BCUT2D eigenvalue weighted by Crippen LogP contribution is 2.27. The summed E-state index contributed by atoms with van der Waals surface area (Å²) in [5.41, 5.74) is 7.64. The number of benzene rings is 1. The van der Waals surface area contributed by atoms with E-state index in [1.54, 1.807) is 18.3 Å². The largest absolute Gasteiger partial charge is 0.372 e. The first-order valence-corrected chi connectivity index (χ1v) is 9.91. The molecule has 4 unspecified atom stereocenters. The molecule has 7 nitrogen and oxygen atoms in total. The van der Waals surface area contributed by atoms with E-state index in [0.29, 0.717) is 12.2 Å². The third kappa shape index (κ3) is 4.55. The monoisotopic (exact) mass is 399 g/mol. The van der Waals surface area contributed by atoms with Crippen LogP contribution in [0.4, 0.5) is 15.9 Å². The summed E-state index contributed by atoms with van der Waals surface area (Å²) < 4.78 is 19.0. The van der Waals surface area contributed by atoms with Gasteiger partial charge in [-0.25, -0.2) is 14.8 Å². The van der Waals surface area contributed by atoms with Crippen LogP contribution in [-0.2, 0) is 9.53 Å². The van der Waals surface area contributed by atoms with Crippen molar-refractivity contribution in [2.45, 2.75) is 32.1 Å². The molecule has 0 radical (unpaired) electrons. The number of nitrogens with one attached hydrogen (secondary N) is 3. The lowest BCUT2D eigenvalue weighted by atomic mass is 9.94. The molecule has 2 saturated heterocycles. The van der Waals surface area contributed by atoms with Gasteiger partial charge in [0.15, 0.2) is 0 Å². The van der Waals surface area contributed by atoms with Crippen molar-refractivity contribution < 1.29 is 13.9 Å². The van der Waals surface area contributed by atoms with Gasteiger partial charge in [-0.15, -0.1) is 0 Å². The number of hydrogen-bond acceptors (Lipinski definition) is 6. The highest BCUT2D eigenvalue weighted by atomic mass is 19.1. The molecule has 1 amide bonds.